The van der Waals surface area contributed by atoms with Crippen molar-refractivity contribution in [1.29, 1.82) is 0 Å². The van der Waals surface area contributed by atoms with E-state index in [0.717, 1.165) is 37.4 Å². The number of carboxylic acid groups (broad SMARTS) is 1. The number of rotatable bonds is 7. The molecule has 0 spiro atoms. The van der Waals surface area contributed by atoms with Gasteiger partial charge in [-0.15, -0.1) is 13.2 Å². The average molecular weight is 533 g/mol. The van der Waals surface area contributed by atoms with E-state index in [2.05, 4.69) is 29.8 Å². The van der Waals surface area contributed by atoms with Gasteiger partial charge in [-0.05, 0) is 49.2 Å². The molecular weight excluding hydrogens is 505 g/mol. The Hall–Kier alpha value is -3.84. The second-order valence-electron chi connectivity index (χ2n) is 9.30. The molecule has 1 aromatic carbocycles. The Morgan fingerprint density at radius 2 is 1.95 bits per heavy atom. The number of aliphatic hydroxyl groups excluding tert-OH is 1. The monoisotopic (exact) mass is 532 g/mol. The zero-order valence-corrected chi connectivity index (χ0v) is 20.6. The molecule has 3 heterocycles. The van der Waals surface area contributed by atoms with Gasteiger partial charge in [-0.3, -0.25) is 0 Å². The fourth-order valence-electron chi connectivity index (χ4n) is 4.93. The molecule has 10 nitrogen and oxygen atoms in total. The van der Waals surface area contributed by atoms with Gasteiger partial charge in [0.05, 0.1) is 29.2 Å². The summed E-state index contributed by atoms with van der Waals surface area (Å²) in [5.41, 5.74) is 3.31. The number of carboxylic acids is 1. The summed E-state index contributed by atoms with van der Waals surface area (Å²) in [6.07, 6.45) is -0.862. The van der Waals surface area contributed by atoms with Crippen molar-refractivity contribution < 1.29 is 32.9 Å². The van der Waals surface area contributed by atoms with Crippen molar-refractivity contribution in [2.24, 2.45) is 0 Å². The molecule has 13 heteroatoms. The van der Waals surface area contributed by atoms with E-state index >= 15 is 0 Å². The second-order valence-corrected chi connectivity index (χ2v) is 9.30. The molecule has 5 rings (SSSR count). The summed E-state index contributed by atoms with van der Waals surface area (Å²) in [5, 5.41) is 22.1. The van der Waals surface area contributed by atoms with E-state index in [4.69, 9.17) is 0 Å². The smallest absolute Gasteiger partial charge is 0.478 e. The molecule has 2 aromatic heterocycles. The topological polar surface area (TPSA) is 116 Å². The molecule has 3 N–H and O–H groups in total. The molecule has 0 radical (unpaired) electrons. The minimum Gasteiger partial charge on any atom is -0.478 e. The van der Waals surface area contributed by atoms with Crippen LogP contribution in [0.1, 0.15) is 21.5 Å². The average Bonchev–Trinajstić information content (AvgIpc) is 3.24. The number of alkyl halides is 3. The third-order valence-corrected chi connectivity index (χ3v) is 6.79. The molecule has 38 heavy (non-hydrogen) atoms. The first kappa shape index (κ1) is 25.8. The lowest BCUT2D eigenvalue weighted by molar-refractivity contribution is -0.274. The number of carbonyl (C=O) groups is 1. The van der Waals surface area contributed by atoms with Crippen LogP contribution in [0.2, 0.25) is 0 Å². The molecule has 0 bridgehead atoms. The van der Waals surface area contributed by atoms with Crippen molar-refractivity contribution in [3.05, 3.63) is 47.3 Å². The van der Waals surface area contributed by atoms with Gasteiger partial charge in [-0.25, -0.2) is 14.8 Å². The van der Waals surface area contributed by atoms with Gasteiger partial charge in [0.2, 0.25) is 5.95 Å². The lowest BCUT2D eigenvalue weighted by Crippen LogP contribution is -2.44. The number of aromatic carboxylic acids is 1. The normalized spacial score (nSPS) is 15.7. The lowest BCUT2D eigenvalue weighted by atomic mass is 9.93. The summed E-state index contributed by atoms with van der Waals surface area (Å²) in [6.45, 7) is 3.06. The predicted octanol–water partition coefficient (Wildman–Crippen LogP) is 3.13. The summed E-state index contributed by atoms with van der Waals surface area (Å²) in [7, 11) is 2.01. The highest BCUT2D eigenvalue weighted by molar-refractivity contribution is 5.92. The quantitative estimate of drug-likeness (QED) is 0.422. The van der Waals surface area contributed by atoms with Crippen LogP contribution in [0.4, 0.5) is 30.5 Å². The molecular formula is C25H27F3N6O4. The van der Waals surface area contributed by atoms with Crippen LogP contribution < -0.4 is 15.0 Å². The predicted molar refractivity (Wildman–Crippen MR) is 133 cm³/mol. The minimum absolute atomic E-state index is 0.0350. The first-order chi connectivity index (χ1) is 18.1. The van der Waals surface area contributed by atoms with Gasteiger partial charge in [0.25, 0.3) is 0 Å². The van der Waals surface area contributed by atoms with Crippen molar-refractivity contribution in [2.75, 3.05) is 50.1 Å². The van der Waals surface area contributed by atoms with Gasteiger partial charge in [-0.2, -0.15) is 0 Å². The first-order valence-corrected chi connectivity index (χ1v) is 12.2. The number of aliphatic hydroxyl groups is 1. The Balaban J connectivity index is 1.52. The van der Waals surface area contributed by atoms with Crippen LogP contribution >= 0.6 is 0 Å². The van der Waals surface area contributed by atoms with E-state index in [9.17, 15) is 28.2 Å². The number of nitrogens with one attached hydrogen (secondary N) is 1. The molecule has 3 aromatic rings. The molecule has 1 fully saturated rings. The van der Waals surface area contributed by atoms with E-state index in [1.165, 1.54) is 12.3 Å². The third-order valence-electron chi connectivity index (χ3n) is 6.79. The Morgan fingerprint density at radius 3 is 2.63 bits per heavy atom. The number of anilines is 3. The highest BCUT2D eigenvalue weighted by Crippen LogP contribution is 2.38. The van der Waals surface area contributed by atoms with Gasteiger partial charge in [-0.1, -0.05) is 0 Å². The Bertz CT molecular complexity index is 1350. The number of aromatic nitrogens is 3. The van der Waals surface area contributed by atoms with Crippen molar-refractivity contribution >= 4 is 23.3 Å². The van der Waals surface area contributed by atoms with Crippen LogP contribution in [0, 0.1) is 0 Å². The number of ether oxygens (including phenoxy) is 1. The number of halogens is 3. The Kier molecular flexibility index (Phi) is 6.88. The first-order valence-electron chi connectivity index (χ1n) is 12.2. The molecule has 202 valence electrons. The van der Waals surface area contributed by atoms with Gasteiger partial charge in [0.1, 0.15) is 0 Å². The standard InChI is InChI=1S/C25H27F3N6O4/c1-32-6-8-33(9-7-32)16-3-5-20(38-25(26,27)28)19(12-16)30-24-29-13-15-2-4-17-18(23(36)37)14-34(10-11-35)22(17)21(15)31-24/h3,5,12-14,35H,2,4,6-11H2,1H3,(H,36,37)(H,29,30,31). The maximum Gasteiger partial charge on any atom is 0.573 e. The number of aryl methyl sites for hydroxylation is 1. The number of nitrogens with zero attached hydrogens (tertiary/aromatic N) is 5. The molecule has 1 saturated heterocycles. The fraction of sp³-hybridized carbons (Fsp3) is 0.400. The van der Waals surface area contributed by atoms with Crippen molar-refractivity contribution in [3.8, 4) is 17.1 Å². The Labute approximate surface area is 216 Å². The zero-order chi connectivity index (χ0) is 27.0. The summed E-state index contributed by atoms with van der Waals surface area (Å²) in [4.78, 5) is 25.0. The van der Waals surface area contributed by atoms with E-state index < -0.39 is 18.1 Å². The summed E-state index contributed by atoms with van der Waals surface area (Å²) in [5.74, 6) is -1.47. The van der Waals surface area contributed by atoms with E-state index in [-0.39, 0.29) is 30.4 Å². The molecule has 0 amide bonds. The highest BCUT2D eigenvalue weighted by Gasteiger charge is 2.33. The third kappa shape index (κ3) is 5.24. The van der Waals surface area contributed by atoms with Gasteiger partial charge < -0.3 is 34.6 Å². The fourth-order valence-corrected chi connectivity index (χ4v) is 4.93. The van der Waals surface area contributed by atoms with Crippen molar-refractivity contribution in [3.63, 3.8) is 0 Å². The van der Waals surface area contributed by atoms with Crippen LogP contribution in [0.15, 0.2) is 30.6 Å². The van der Waals surface area contributed by atoms with E-state index in [1.54, 1.807) is 22.9 Å². The largest absolute Gasteiger partial charge is 0.573 e. The maximum absolute atomic E-state index is 13.2. The molecule has 2 aliphatic rings. The second kappa shape index (κ2) is 10.1. The maximum atomic E-state index is 13.2. The highest BCUT2D eigenvalue weighted by atomic mass is 19.4. The van der Waals surface area contributed by atoms with Crippen LogP contribution in [0.3, 0.4) is 0 Å². The van der Waals surface area contributed by atoms with Crippen molar-refractivity contribution in [1.82, 2.24) is 19.4 Å². The number of piperazine rings is 1. The molecule has 0 unspecified atom stereocenters. The van der Waals surface area contributed by atoms with Gasteiger partial charge >= 0.3 is 12.3 Å². The molecule has 1 aliphatic carbocycles. The Morgan fingerprint density at radius 1 is 1.18 bits per heavy atom. The number of benzene rings is 1. The number of likely N-dealkylation sites (N-methyl/N-ethyl adjacent to an activating group) is 1. The van der Waals surface area contributed by atoms with E-state index in [0.29, 0.717) is 29.8 Å². The number of fused-ring (bicyclic) bond motifs is 3. The number of hydrogen-bond acceptors (Lipinski definition) is 8. The molecule has 0 atom stereocenters. The summed E-state index contributed by atoms with van der Waals surface area (Å²) >= 11 is 0. The van der Waals surface area contributed by atoms with Crippen LogP contribution in [0.25, 0.3) is 11.4 Å². The zero-order valence-electron chi connectivity index (χ0n) is 20.6. The SMILES string of the molecule is CN1CCN(c2ccc(OC(F)(F)F)c(Nc3ncc4c(n3)-c3c(c(C(=O)O)cn3CCO)CC4)c2)CC1. The van der Waals surface area contributed by atoms with Crippen LogP contribution in [0.5, 0.6) is 5.75 Å². The summed E-state index contributed by atoms with van der Waals surface area (Å²) < 4.78 is 45.4. The lowest BCUT2D eigenvalue weighted by Gasteiger charge is -2.34. The van der Waals surface area contributed by atoms with Crippen LogP contribution in [-0.2, 0) is 19.4 Å². The minimum atomic E-state index is -4.89. The van der Waals surface area contributed by atoms with Gasteiger partial charge in [0, 0.05) is 50.8 Å². The molecule has 0 saturated carbocycles. The van der Waals surface area contributed by atoms with E-state index in [1.807, 2.05) is 7.05 Å². The van der Waals surface area contributed by atoms with Crippen molar-refractivity contribution in [2.45, 2.75) is 25.7 Å². The van der Waals surface area contributed by atoms with Crippen LogP contribution in [-0.4, -0.2) is 81.8 Å². The molecule has 1 aliphatic heterocycles. The number of hydrogen-bond donors (Lipinski definition) is 3. The van der Waals surface area contributed by atoms with Gasteiger partial charge in [0.15, 0.2) is 5.75 Å². The summed E-state index contributed by atoms with van der Waals surface area (Å²) in [6, 6.07) is 4.44.